The average molecular weight is 278 g/mol. The topological polar surface area (TPSA) is 76.2 Å². The zero-order valence-corrected chi connectivity index (χ0v) is 11.3. The highest BCUT2D eigenvalue weighted by atomic mass is 32.2. The Morgan fingerprint density at radius 2 is 2.11 bits per heavy atom. The Kier molecular flexibility index (Phi) is 4.57. The highest BCUT2D eigenvalue weighted by molar-refractivity contribution is 7.99. The zero-order chi connectivity index (χ0) is 13.7. The van der Waals surface area contributed by atoms with E-state index >= 15 is 0 Å². The standard InChI is InChI=1S/C13H14N2O3S/c1-9(7-12(16)17)19-8-11-14-15-13(18-11)10-5-3-2-4-6-10/h2-6,9H,7-8H2,1H3,(H,16,17). The number of nitrogens with zero attached hydrogens (tertiary/aromatic N) is 2. The van der Waals surface area contributed by atoms with Gasteiger partial charge in [0, 0.05) is 10.8 Å². The van der Waals surface area contributed by atoms with Crippen LogP contribution in [0.3, 0.4) is 0 Å². The molecule has 0 aliphatic rings. The quantitative estimate of drug-likeness (QED) is 0.875. The van der Waals surface area contributed by atoms with E-state index in [2.05, 4.69) is 10.2 Å². The van der Waals surface area contributed by atoms with E-state index in [1.54, 1.807) is 0 Å². The van der Waals surface area contributed by atoms with Crippen LogP contribution in [0.4, 0.5) is 0 Å². The van der Waals surface area contributed by atoms with E-state index in [-0.39, 0.29) is 11.7 Å². The molecule has 2 aromatic rings. The number of rotatable bonds is 6. The van der Waals surface area contributed by atoms with Crippen LogP contribution in [-0.4, -0.2) is 26.5 Å². The van der Waals surface area contributed by atoms with Gasteiger partial charge in [0.2, 0.25) is 11.8 Å². The molecular formula is C13H14N2O3S. The van der Waals surface area contributed by atoms with Gasteiger partial charge in [-0.05, 0) is 12.1 Å². The number of aliphatic carboxylic acids is 1. The van der Waals surface area contributed by atoms with Crippen molar-refractivity contribution in [2.45, 2.75) is 24.3 Å². The molecule has 0 spiro atoms. The molecule has 1 heterocycles. The largest absolute Gasteiger partial charge is 0.481 e. The molecule has 5 nitrogen and oxygen atoms in total. The number of carbonyl (C=O) groups is 1. The van der Waals surface area contributed by atoms with Crippen LogP contribution in [0, 0.1) is 0 Å². The second-order valence-electron chi connectivity index (χ2n) is 4.09. The summed E-state index contributed by atoms with van der Waals surface area (Å²) in [6.07, 6.45) is 0.129. The first-order valence-corrected chi connectivity index (χ1v) is 6.91. The average Bonchev–Trinajstić information content (AvgIpc) is 2.85. The third-order valence-electron chi connectivity index (χ3n) is 2.44. The Morgan fingerprint density at radius 1 is 1.37 bits per heavy atom. The first kappa shape index (κ1) is 13.6. The van der Waals surface area contributed by atoms with Gasteiger partial charge < -0.3 is 9.52 Å². The fraction of sp³-hybridized carbons (Fsp3) is 0.308. The lowest BCUT2D eigenvalue weighted by Crippen LogP contribution is -2.05. The minimum Gasteiger partial charge on any atom is -0.481 e. The van der Waals surface area contributed by atoms with E-state index in [4.69, 9.17) is 9.52 Å². The van der Waals surface area contributed by atoms with Crippen molar-refractivity contribution < 1.29 is 14.3 Å². The molecule has 1 atom stereocenters. The molecule has 1 unspecified atom stereocenters. The highest BCUT2D eigenvalue weighted by Gasteiger charge is 2.12. The van der Waals surface area contributed by atoms with Crippen molar-refractivity contribution in [1.82, 2.24) is 10.2 Å². The van der Waals surface area contributed by atoms with Gasteiger partial charge >= 0.3 is 5.97 Å². The summed E-state index contributed by atoms with van der Waals surface area (Å²) in [4.78, 5) is 10.5. The van der Waals surface area contributed by atoms with E-state index in [9.17, 15) is 4.79 Å². The summed E-state index contributed by atoms with van der Waals surface area (Å²) in [6, 6.07) is 9.53. The number of hydrogen-bond acceptors (Lipinski definition) is 5. The SMILES string of the molecule is CC(CC(=O)O)SCc1nnc(-c2ccccc2)o1. The molecule has 0 saturated carbocycles. The van der Waals surface area contributed by atoms with Crippen LogP contribution in [0.2, 0.25) is 0 Å². The summed E-state index contributed by atoms with van der Waals surface area (Å²) in [5, 5.41) is 16.6. The molecule has 1 aromatic heterocycles. The van der Waals surface area contributed by atoms with Gasteiger partial charge in [0.05, 0.1) is 12.2 Å². The fourth-order valence-electron chi connectivity index (χ4n) is 1.53. The van der Waals surface area contributed by atoms with Crippen LogP contribution >= 0.6 is 11.8 Å². The van der Waals surface area contributed by atoms with Crippen molar-refractivity contribution in [3.8, 4) is 11.5 Å². The molecule has 19 heavy (non-hydrogen) atoms. The maximum atomic E-state index is 10.5. The molecule has 0 bridgehead atoms. The summed E-state index contributed by atoms with van der Waals surface area (Å²) in [5.74, 6) is 0.729. The van der Waals surface area contributed by atoms with E-state index in [0.717, 1.165) is 5.56 Å². The van der Waals surface area contributed by atoms with E-state index in [1.165, 1.54) is 11.8 Å². The number of carboxylic acid groups (broad SMARTS) is 1. The second-order valence-corrected chi connectivity index (χ2v) is 5.51. The first-order valence-electron chi connectivity index (χ1n) is 5.86. The monoisotopic (exact) mass is 278 g/mol. The minimum absolute atomic E-state index is 0.0181. The maximum Gasteiger partial charge on any atom is 0.304 e. The third-order valence-corrected chi connectivity index (χ3v) is 3.59. The predicted molar refractivity (Wildman–Crippen MR) is 72.7 cm³/mol. The van der Waals surface area contributed by atoms with E-state index in [0.29, 0.717) is 17.5 Å². The molecule has 100 valence electrons. The van der Waals surface area contributed by atoms with Gasteiger partial charge in [0.1, 0.15) is 0 Å². The predicted octanol–water partition coefficient (Wildman–Crippen LogP) is 2.83. The highest BCUT2D eigenvalue weighted by Crippen LogP contribution is 2.22. The summed E-state index contributed by atoms with van der Waals surface area (Å²) >= 11 is 1.49. The Labute approximate surface area is 115 Å². The van der Waals surface area contributed by atoms with Crippen LogP contribution in [-0.2, 0) is 10.5 Å². The van der Waals surface area contributed by atoms with Gasteiger partial charge in [-0.25, -0.2) is 0 Å². The molecule has 2 rings (SSSR count). The van der Waals surface area contributed by atoms with Crippen LogP contribution in [0.25, 0.3) is 11.5 Å². The Morgan fingerprint density at radius 3 is 2.79 bits per heavy atom. The molecule has 0 aliphatic carbocycles. The van der Waals surface area contributed by atoms with Crippen molar-refractivity contribution in [3.63, 3.8) is 0 Å². The van der Waals surface area contributed by atoms with Gasteiger partial charge in [-0.15, -0.1) is 22.0 Å². The molecule has 6 heteroatoms. The molecule has 0 saturated heterocycles. The van der Waals surface area contributed by atoms with Crippen LogP contribution in [0.15, 0.2) is 34.7 Å². The van der Waals surface area contributed by atoms with Gasteiger partial charge in [-0.2, -0.15) is 0 Å². The van der Waals surface area contributed by atoms with Crippen molar-refractivity contribution in [2.75, 3.05) is 0 Å². The molecule has 1 aromatic carbocycles. The van der Waals surface area contributed by atoms with Gasteiger partial charge in [-0.3, -0.25) is 4.79 Å². The third kappa shape index (κ3) is 4.10. The van der Waals surface area contributed by atoms with Gasteiger partial charge in [0.25, 0.3) is 0 Å². The summed E-state index contributed by atoms with van der Waals surface area (Å²) in [7, 11) is 0. The molecule has 1 N–H and O–H groups in total. The fourth-order valence-corrected chi connectivity index (χ4v) is 2.33. The Hall–Kier alpha value is -1.82. The molecular weight excluding hydrogens is 264 g/mol. The van der Waals surface area contributed by atoms with E-state index < -0.39 is 5.97 Å². The smallest absolute Gasteiger partial charge is 0.304 e. The van der Waals surface area contributed by atoms with Crippen molar-refractivity contribution in [3.05, 3.63) is 36.2 Å². The van der Waals surface area contributed by atoms with Crippen molar-refractivity contribution in [1.29, 1.82) is 0 Å². The minimum atomic E-state index is -0.796. The summed E-state index contributed by atoms with van der Waals surface area (Å²) < 4.78 is 5.53. The lowest BCUT2D eigenvalue weighted by atomic mass is 10.2. The summed E-state index contributed by atoms with van der Waals surface area (Å²) in [6.45, 7) is 1.87. The Bertz CT molecular complexity index is 542. The number of thioether (sulfide) groups is 1. The molecule has 0 aliphatic heterocycles. The first-order chi connectivity index (χ1) is 9.15. The lowest BCUT2D eigenvalue weighted by Gasteiger charge is -2.05. The van der Waals surface area contributed by atoms with Gasteiger partial charge in [-0.1, -0.05) is 25.1 Å². The zero-order valence-electron chi connectivity index (χ0n) is 10.4. The lowest BCUT2D eigenvalue weighted by molar-refractivity contribution is -0.136. The van der Waals surface area contributed by atoms with Crippen molar-refractivity contribution in [2.24, 2.45) is 0 Å². The second kappa shape index (κ2) is 6.38. The van der Waals surface area contributed by atoms with Crippen LogP contribution in [0.5, 0.6) is 0 Å². The summed E-state index contributed by atoms with van der Waals surface area (Å²) in [5.41, 5.74) is 0.879. The Balaban J connectivity index is 1.93. The number of carboxylic acids is 1. The maximum absolute atomic E-state index is 10.5. The molecule has 0 radical (unpaired) electrons. The van der Waals surface area contributed by atoms with Crippen LogP contribution < -0.4 is 0 Å². The van der Waals surface area contributed by atoms with Crippen molar-refractivity contribution >= 4 is 17.7 Å². The molecule has 0 fully saturated rings. The number of hydrogen-bond donors (Lipinski definition) is 1. The van der Waals surface area contributed by atoms with Gasteiger partial charge in [0.15, 0.2) is 0 Å². The molecule has 0 amide bonds. The van der Waals surface area contributed by atoms with E-state index in [1.807, 2.05) is 37.3 Å². The van der Waals surface area contributed by atoms with Crippen LogP contribution in [0.1, 0.15) is 19.2 Å². The normalized spacial score (nSPS) is 12.3. The number of aromatic nitrogens is 2. The number of benzene rings is 1.